The Bertz CT molecular complexity index is 659. The lowest BCUT2D eigenvalue weighted by atomic mass is 10.3. The second-order valence-electron chi connectivity index (χ2n) is 3.17. The maximum Gasteiger partial charge on any atom is 0.239 e. The van der Waals surface area contributed by atoms with Crippen LogP contribution in [0.15, 0.2) is 22.7 Å². The van der Waals surface area contributed by atoms with E-state index >= 15 is 0 Å². The van der Waals surface area contributed by atoms with Gasteiger partial charge in [0.25, 0.3) is 0 Å². The molecule has 2 aromatic heterocycles. The van der Waals surface area contributed by atoms with Crippen molar-refractivity contribution in [1.82, 2.24) is 20.2 Å². The summed E-state index contributed by atoms with van der Waals surface area (Å²) in [6.45, 7) is 0. The van der Waals surface area contributed by atoms with Crippen molar-refractivity contribution in [2.24, 2.45) is 0 Å². The van der Waals surface area contributed by atoms with Gasteiger partial charge in [-0.15, -0.1) is 16.4 Å². The fourth-order valence-corrected chi connectivity index (χ4v) is 2.61. The zero-order valence-electron chi connectivity index (χ0n) is 7.94. The van der Waals surface area contributed by atoms with E-state index < -0.39 is 0 Å². The molecule has 0 amide bonds. The molecule has 7 heteroatoms. The number of aromatic nitrogens is 4. The Morgan fingerprint density at radius 3 is 2.94 bits per heavy atom. The first kappa shape index (κ1) is 9.73. The lowest BCUT2D eigenvalue weighted by Gasteiger charge is -1.87. The number of hydrogen-bond donors (Lipinski definition) is 2. The number of hydrogen-bond acceptors (Lipinski definition) is 5. The summed E-state index contributed by atoms with van der Waals surface area (Å²) in [6, 6.07) is 5.97. The molecule has 0 bridgehead atoms. The van der Waals surface area contributed by atoms with Gasteiger partial charge in [0, 0.05) is 4.47 Å². The maximum absolute atomic E-state index is 5.45. The summed E-state index contributed by atoms with van der Waals surface area (Å²) in [5.74, 6) is 0.838. The van der Waals surface area contributed by atoms with Gasteiger partial charge in [-0.2, -0.15) is 4.98 Å². The second-order valence-corrected chi connectivity index (χ2v) is 5.12. The first-order chi connectivity index (χ1) is 7.72. The number of anilines is 1. The van der Waals surface area contributed by atoms with Crippen molar-refractivity contribution in [3.05, 3.63) is 22.7 Å². The minimum absolute atomic E-state index is 0.232. The summed E-state index contributed by atoms with van der Waals surface area (Å²) in [7, 11) is 0. The highest BCUT2D eigenvalue weighted by molar-refractivity contribution is 9.10. The van der Waals surface area contributed by atoms with Gasteiger partial charge in [0.05, 0.1) is 10.2 Å². The molecule has 0 saturated heterocycles. The summed E-state index contributed by atoms with van der Waals surface area (Å²) in [5.41, 5.74) is 6.38. The number of halogens is 1. The molecule has 0 aliphatic heterocycles. The molecule has 3 N–H and O–H groups in total. The first-order valence-corrected chi connectivity index (χ1v) is 6.08. The zero-order chi connectivity index (χ0) is 11.1. The van der Waals surface area contributed by atoms with Gasteiger partial charge >= 0.3 is 0 Å². The van der Waals surface area contributed by atoms with Crippen molar-refractivity contribution in [1.29, 1.82) is 0 Å². The number of nitrogen functional groups attached to an aromatic ring is 1. The Labute approximate surface area is 103 Å². The predicted octanol–water partition coefficient (Wildman–Crippen LogP) is 2.43. The van der Waals surface area contributed by atoms with Gasteiger partial charge in [0.2, 0.25) is 5.95 Å². The van der Waals surface area contributed by atoms with Gasteiger partial charge in [0.15, 0.2) is 10.8 Å². The molecule has 1 aromatic carbocycles. The largest absolute Gasteiger partial charge is 0.366 e. The molecule has 0 spiro atoms. The van der Waals surface area contributed by atoms with Crippen molar-refractivity contribution in [3.8, 4) is 10.8 Å². The van der Waals surface area contributed by atoms with Crippen molar-refractivity contribution < 1.29 is 0 Å². The van der Waals surface area contributed by atoms with Crippen molar-refractivity contribution >= 4 is 43.4 Å². The second kappa shape index (κ2) is 3.53. The third-order valence-corrected chi connectivity index (χ3v) is 3.59. The molecular formula is C9H6BrN5S. The molecule has 0 aliphatic carbocycles. The zero-order valence-corrected chi connectivity index (χ0v) is 10.3. The lowest BCUT2D eigenvalue weighted by molar-refractivity contribution is 1.10. The van der Waals surface area contributed by atoms with Crippen LogP contribution in [0.5, 0.6) is 0 Å². The van der Waals surface area contributed by atoms with Crippen LogP contribution in [0.4, 0.5) is 5.95 Å². The van der Waals surface area contributed by atoms with Crippen LogP contribution < -0.4 is 5.73 Å². The van der Waals surface area contributed by atoms with Gasteiger partial charge in [-0.3, -0.25) is 5.10 Å². The number of fused-ring (bicyclic) bond motifs is 1. The number of nitrogens with one attached hydrogen (secondary N) is 1. The summed E-state index contributed by atoms with van der Waals surface area (Å²) in [5, 5.41) is 7.32. The predicted molar refractivity (Wildman–Crippen MR) is 67.1 cm³/mol. The third kappa shape index (κ3) is 1.57. The fourth-order valence-electron chi connectivity index (χ4n) is 1.37. The Morgan fingerprint density at radius 1 is 1.31 bits per heavy atom. The average Bonchev–Trinajstić information content (AvgIpc) is 2.83. The van der Waals surface area contributed by atoms with Crippen LogP contribution >= 0.6 is 27.3 Å². The SMILES string of the molecule is Nc1n[nH]c(-c2nc3cc(Br)ccc3s2)n1. The third-order valence-electron chi connectivity index (χ3n) is 2.05. The van der Waals surface area contributed by atoms with E-state index in [0.29, 0.717) is 5.82 Å². The van der Waals surface area contributed by atoms with E-state index in [2.05, 4.69) is 36.1 Å². The normalized spacial score (nSPS) is 11.1. The van der Waals surface area contributed by atoms with E-state index in [1.807, 2.05) is 18.2 Å². The van der Waals surface area contributed by atoms with E-state index in [1.54, 1.807) is 11.3 Å². The van der Waals surface area contributed by atoms with Crippen molar-refractivity contribution in [3.63, 3.8) is 0 Å². The fraction of sp³-hybridized carbons (Fsp3) is 0. The highest BCUT2D eigenvalue weighted by atomic mass is 79.9. The van der Waals surface area contributed by atoms with Crippen LogP contribution in [-0.4, -0.2) is 20.2 Å². The molecule has 5 nitrogen and oxygen atoms in total. The maximum atomic E-state index is 5.45. The van der Waals surface area contributed by atoms with E-state index in [0.717, 1.165) is 19.7 Å². The molecule has 0 aliphatic rings. The number of nitrogens with zero attached hydrogens (tertiary/aromatic N) is 3. The van der Waals surface area contributed by atoms with Gasteiger partial charge in [-0.25, -0.2) is 4.98 Å². The van der Waals surface area contributed by atoms with Crippen LogP contribution in [0.1, 0.15) is 0 Å². The van der Waals surface area contributed by atoms with Gasteiger partial charge in [-0.05, 0) is 18.2 Å². The van der Waals surface area contributed by atoms with Crippen molar-refractivity contribution in [2.75, 3.05) is 5.73 Å². The summed E-state index contributed by atoms with van der Waals surface area (Å²) in [4.78, 5) is 8.50. The summed E-state index contributed by atoms with van der Waals surface area (Å²) in [6.07, 6.45) is 0. The molecule has 0 radical (unpaired) electrons. The highest BCUT2D eigenvalue weighted by Crippen LogP contribution is 2.29. The average molecular weight is 296 g/mol. The standard InChI is InChI=1S/C9H6BrN5S/c10-4-1-2-6-5(3-4)12-8(16-6)7-13-9(11)15-14-7/h1-3H,(H3,11,13,14,15). The molecule has 3 rings (SSSR count). The minimum Gasteiger partial charge on any atom is -0.366 e. The smallest absolute Gasteiger partial charge is 0.239 e. The summed E-state index contributed by atoms with van der Waals surface area (Å²) >= 11 is 4.96. The topological polar surface area (TPSA) is 80.5 Å². The highest BCUT2D eigenvalue weighted by Gasteiger charge is 2.09. The molecule has 3 aromatic rings. The Morgan fingerprint density at radius 2 is 2.19 bits per heavy atom. The molecule has 0 atom stereocenters. The van der Waals surface area contributed by atoms with Crippen molar-refractivity contribution in [2.45, 2.75) is 0 Å². The number of thiazole rings is 1. The number of nitrogens with two attached hydrogens (primary N) is 1. The van der Waals surface area contributed by atoms with E-state index in [-0.39, 0.29) is 5.95 Å². The molecule has 80 valence electrons. The lowest BCUT2D eigenvalue weighted by Crippen LogP contribution is -1.85. The monoisotopic (exact) mass is 295 g/mol. The van der Waals surface area contributed by atoms with Crippen LogP contribution in [0.2, 0.25) is 0 Å². The minimum atomic E-state index is 0.232. The van der Waals surface area contributed by atoms with Gasteiger partial charge < -0.3 is 5.73 Å². The van der Waals surface area contributed by atoms with Crippen LogP contribution in [-0.2, 0) is 0 Å². The quantitative estimate of drug-likeness (QED) is 0.722. The number of H-pyrrole nitrogens is 1. The van der Waals surface area contributed by atoms with Gasteiger partial charge in [-0.1, -0.05) is 15.9 Å². The molecule has 0 fully saturated rings. The molecule has 2 heterocycles. The Hall–Kier alpha value is -1.47. The van der Waals surface area contributed by atoms with Crippen LogP contribution in [0, 0.1) is 0 Å². The van der Waals surface area contributed by atoms with Crippen LogP contribution in [0.3, 0.4) is 0 Å². The van der Waals surface area contributed by atoms with Gasteiger partial charge in [0.1, 0.15) is 0 Å². The Kier molecular flexibility index (Phi) is 2.15. The van der Waals surface area contributed by atoms with E-state index in [4.69, 9.17) is 5.73 Å². The number of rotatable bonds is 1. The molecule has 0 saturated carbocycles. The molecule has 0 unspecified atom stereocenters. The number of benzene rings is 1. The Balaban J connectivity index is 2.18. The van der Waals surface area contributed by atoms with E-state index in [1.165, 1.54) is 0 Å². The van der Waals surface area contributed by atoms with Crippen LogP contribution in [0.25, 0.3) is 21.0 Å². The number of aromatic amines is 1. The first-order valence-electron chi connectivity index (χ1n) is 4.47. The van der Waals surface area contributed by atoms with E-state index in [9.17, 15) is 0 Å². The molecular weight excluding hydrogens is 290 g/mol. The molecule has 16 heavy (non-hydrogen) atoms. The summed E-state index contributed by atoms with van der Waals surface area (Å²) < 4.78 is 2.11.